The molecule has 448 valence electrons. The fourth-order valence-corrected chi connectivity index (χ4v) is 11.2. The summed E-state index contributed by atoms with van der Waals surface area (Å²) in [4.78, 5) is 13.1. The summed E-state index contributed by atoms with van der Waals surface area (Å²) in [5, 5.41) is 65.2. The second-order valence-electron chi connectivity index (χ2n) is 23.8. The monoisotopic (exact) mass is 1070 g/mol. The average molecular weight is 1070 g/mol. The van der Waals surface area contributed by atoms with E-state index in [1.165, 1.54) is 276 Å². The van der Waals surface area contributed by atoms with Gasteiger partial charge >= 0.3 is 0 Å². The van der Waals surface area contributed by atoms with Crippen LogP contribution in [0.4, 0.5) is 0 Å². The molecule has 10 heteroatoms. The molecule has 8 unspecified atom stereocenters. The van der Waals surface area contributed by atoms with E-state index in [-0.39, 0.29) is 6.61 Å². The number of rotatable bonds is 59. The van der Waals surface area contributed by atoms with E-state index < -0.39 is 61.5 Å². The van der Waals surface area contributed by atoms with Crippen molar-refractivity contribution in [3.05, 3.63) is 0 Å². The van der Waals surface area contributed by atoms with Crippen LogP contribution in [0.3, 0.4) is 0 Å². The maximum Gasteiger partial charge on any atom is 0.249 e. The quantitative estimate of drug-likeness (QED) is 0.0293. The number of nitrogens with one attached hydrogen (secondary N) is 1. The molecule has 1 rings (SSSR count). The highest BCUT2D eigenvalue weighted by molar-refractivity contribution is 5.80. The molecule has 0 aromatic rings. The first-order chi connectivity index (χ1) is 36.8. The van der Waals surface area contributed by atoms with Crippen molar-refractivity contribution >= 4 is 5.91 Å². The number of carbonyl (C=O) groups excluding carboxylic acids is 1. The number of aliphatic hydroxyl groups excluding tert-OH is 6. The van der Waals surface area contributed by atoms with Crippen molar-refractivity contribution < 1.29 is 44.9 Å². The lowest BCUT2D eigenvalue weighted by molar-refractivity contribution is -0.302. The zero-order valence-electron chi connectivity index (χ0n) is 49.7. The highest BCUT2D eigenvalue weighted by atomic mass is 16.7. The number of hydrogen-bond donors (Lipinski definition) is 7. The minimum Gasteiger partial charge on any atom is -0.394 e. The number of ether oxygens (including phenoxy) is 2. The van der Waals surface area contributed by atoms with Crippen LogP contribution in [-0.2, 0) is 14.3 Å². The fourth-order valence-electron chi connectivity index (χ4n) is 11.2. The van der Waals surface area contributed by atoms with Crippen LogP contribution in [0.15, 0.2) is 0 Å². The van der Waals surface area contributed by atoms with E-state index in [1.807, 2.05) is 0 Å². The predicted molar refractivity (Wildman–Crippen MR) is 315 cm³/mol. The predicted octanol–water partition coefficient (Wildman–Crippen LogP) is 16.3. The molecule has 0 aliphatic carbocycles. The molecular formula is C65H129NO9. The molecule has 0 aromatic carbocycles. The SMILES string of the molecule is CCCCCCCCCCCCCCCCCCCCCCCCCCCCCCCCCCCCCCCCC(O)C(=O)NC(COC1OC(CO)C(O)C(O)C1O)C(O)CCCCCCCCCCCCCC. The molecule has 75 heavy (non-hydrogen) atoms. The van der Waals surface area contributed by atoms with Crippen LogP contribution in [0.5, 0.6) is 0 Å². The Hall–Kier alpha value is -0.850. The van der Waals surface area contributed by atoms with Gasteiger partial charge in [-0.3, -0.25) is 4.79 Å². The molecule has 1 saturated heterocycles. The van der Waals surface area contributed by atoms with Crippen molar-refractivity contribution in [2.45, 2.75) is 397 Å². The van der Waals surface area contributed by atoms with E-state index in [0.717, 1.165) is 44.9 Å². The molecule has 1 aliphatic heterocycles. The number of aliphatic hydroxyl groups is 6. The van der Waals surface area contributed by atoms with Gasteiger partial charge in [0.15, 0.2) is 6.29 Å². The summed E-state index contributed by atoms with van der Waals surface area (Å²) in [6.07, 6.45) is 58.0. The van der Waals surface area contributed by atoms with E-state index in [9.17, 15) is 35.4 Å². The molecule has 7 N–H and O–H groups in total. The van der Waals surface area contributed by atoms with Crippen LogP contribution in [-0.4, -0.2) is 98.7 Å². The molecule has 0 aromatic heterocycles. The second-order valence-corrected chi connectivity index (χ2v) is 23.8. The molecule has 10 nitrogen and oxygen atoms in total. The Morgan fingerprint density at radius 2 is 0.667 bits per heavy atom. The van der Waals surface area contributed by atoms with Gasteiger partial charge in [0.2, 0.25) is 5.91 Å². The van der Waals surface area contributed by atoms with Crippen molar-refractivity contribution in [2.75, 3.05) is 13.2 Å². The second kappa shape index (κ2) is 55.1. The van der Waals surface area contributed by atoms with Crippen LogP contribution >= 0.6 is 0 Å². The molecule has 0 saturated carbocycles. The Labute approximate surface area is 464 Å². The van der Waals surface area contributed by atoms with E-state index in [1.54, 1.807) is 0 Å². The molecule has 1 aliphatic rings. The first-order valence-corrected chi connectivity index (χ1v) is 33.3. The average Bonchev–Trinajstić information content (AvgIpc) is 3.41. The Morgan fingerprint density at radius 1 is 0.400 bits per heavy atom. The van der Waals surface area contributed by atoms with Gasteiger partial charge in [-0.25, -0.2) is 0 Å². The van der Waals surface area contributed by atoms with Crippen LogP contribution in [0.25, 0.3) is 0 Å². The fraction of sp³-hybridized carbons (Fsp3) is 0.985. The summed E-state index contributed by atoms with van der Waals surface area (Å²) in [5.41, 5.74) is 0. The van der Waals surface area contributed by atoms with E-state index in [4.69, 9.17) is 9.47 Å². The maximum absolute atomic E-state index is 13.1. The summed E-state index contributed by atoms with van der Waals surface area (Å²) in [6.45, 7) is 3.71. The van der Waals surface area contributed by atoms with Gasteiger partial charge in [-0.2, -0.15) is 0 Å². The molecule has 1 amide bonds. The van der Waals surface area contributed by atoms with Crippen molar-refractivity contribution in [1.29, 1.82) is 0 Å². The lowest BCUT2D eigenvalue weighted by atomic mass is 9.99. The zero-order valence-corrected chi connectivity index (χ0v) is 49.7. The summed E-state index contributed by atoms with van der Waals surface area (Å²) >= 11 is 0. The Bertz CT molecular complexity index is 1160. The van der Waals surface area contributed by atoms with E-state index >= 15 is 0 Å². The molecule has 0 spiro atoms. The van der Waals surface area contributed by atoms with Gasteiger partial charge in [-0.15, -0.1) is 0 Å². The molecule has 1 fully saturated rings. The van der Waals surface area contributed by atoms with Gasteiger partial charge in [0, 0.05) is 0 Å². The summed E-state index contributed by atoms with van der Waals surface area (Å²) < 4.78 is 11.2. The highest BCUT2D eigenvalue weighted by Crippen LogP contribution is 2.24. The van der Waals surface area contributed by atoms with E-state index in [0.29, 0.717) is 12.8 Å². The summed E-state index contributed by atoms with van der Waals surface area (Å²) in [5.74, 6) is -0.576. The third-order valence-electron chi connectivity index (χ3n) is 16.6. The summed E-state index contributed by atoms with van der Waals surface area (Å²) in [6, 6.07) is -0.889. The van der Waals surface area contributed by atoms with Gasteiger partial charge in [0.1, 0.15) is 30.5 Å². The van der Waals surface area contributed by atoms with Crippen molar-refractivity contribution in [3.8, 4) is 0 Å². The van der Waals surface area contributed by atoms with E-state index in [2.05, 4.69) is 19.2 Å². The molecule has 1 heterocycles. The lowest BCUT2D eigenvalue weighted by Crippen LogP contribution is -2.60. The maximum atomic E-state index is 13.1. The minimum absolute atomic E-state index is 0.250. The third-order valence-corrected chi connectivity index (χ3v) is 16.6. The van der Waals surface area contributed by atoms with Crippen molar-refractivity contribution in [2.24, 2.45) is 0 Å². The third kappa shape index (κ3) is 43.6. The van der Waals surface area contributed by atoms with Crippen LogP contribution < -0.4 is 5.32 Å². The molecule has 8 atom stereocenters. The Morgan fingerprint density at radius 3 is 0.947 bits per heavy atom. The number of unbranched alkanes of at least 4 members (excludes halogenated alkanes) is 48. The van der Waals surface area contributed by atoms with Crippen molar-refractivity contribution in [3.63, 3.8) is 0 Å². The number of carbonyl (C=O) groups is 1. The smallest absolute Gasteiger partial charge is 0.249 e. The first kappa shape index (κ1) is 72.2. The Kier molecular flexibility index (Phi) is 53.0. The number of hydrogen-bond acceptors (Lipinski definition) is 9. The molecule has 0 bridgehead atoms. The van der Waals surface area contributed by atoms with Gasteiger partial charge < -0.3 is 45.4 Å². The zero-order chi connectivity index (χ0) is 54.5. The topological polar surface area (TPSA) is 169 Å². The molecule has 0 radical (unpaired) electrons. The highest BCUT2D eigenvalue weighted by Gasteiger charge is 2.44. The van der Waals surface area contributed by atoms with Crippen molar-refractivity contribution in [1.82, 2.24) is 5.32 Å². The first-order valence-electron chi connectivity index (χ1n) is 33.3. The van der Waals surface area contributed by atoms with Crippen LogP contribution in [0, 0.1) is 0 Å². The van der Waals surface area contributed by atoms with Gasteiger partial charge in [-0.1, -0.05) is 335 Å². The van der Waals surface area contributed by atoms with Crippen LogP contribution in [0.2, 0.25) is 0 Å². The van der Waals surface area contributed by atoms with Crippen LogP contribution in [0.1, 0.15) is 348 Å². The normalized spacial score (nSPS) is 19.2. The molecular weight excluding hydrogens is 939 g/mol. The largest absolute Gasteiger partial charge is 0.394 e. The van der Waals surface area contributed by atoms with Gasteiger partial charge in [-0.05, 0) is 12.8 Å². The minimum atomic E-state index is -1.59. The van der Waals surface area contributed by atoms with Gasteiger partial charge in [0.05, 0.1) is 25.4 Å². The number of amides is 1. The summed E-state index contributed by atoms with van der Waals surface area (Å²) in [7, 11) is 0. The Balaban J connectivity index is 2.02. The van der Waals surface area contributed by atoms with Gasteiger partial charge in [0.25, 0.3) is 0 Å². The lowest BCUT2D eigenvalue weighted by Gasteiger charge is -2.40. The standard InChI is InChI=1S/C65H129NO9/c1-3-5-7-9-11-13-15-17-18-19-20-21-22-23-24-25-26-27-28-29-30-31-32-33-34-35-36-37-38-39-40-41-42-44-46-48-50-52-54-59(69)64(73)66-57(56-74-65-63(72)62(71)61(70)60(55-67)75-65)58(68)53-51-49-47-45-43-16-14-12-10-8-6-4-2/h57-63,65,67-72H,3-56H2,1-2H3,(H,66,73).